The fraction of sp³-hybridized carbons (Fsp3) is 0.424. The van der Waals surface area contributed by atoms with Crippen molar-refractivity contribution in [3.63, 3.8) is 0 Å². The summed E-state index contributed by atoms with van der Waals surface area (Å²) < 4.78 is 45.2. The zero-order chi connectivity index (χ0) is 29.9. The van der Waals surface area contributed by atoms with Gasteiger partial charge in [-0.05, 0) is 61.2 Å². The number of likely N-dealkylation sites (tertiary alicyclic amines) is 1. The van der Waals surface area contributed by atoms with E-state index >= 15 is 0 Å². The number of halogens is 2. The summed E-state index contributed by atoms with van der Waals surface area (Å²) in [4.78, 5) is 17.9. The van der Waals surface area contributed by atoms with Crippen LogP contribution in [0.1, 0.15) is 58.3 Å². The molecule has 3 heterocycles. The second kappa shape index (κ2) is 12.8. The van der Waals surface area contributed by atoms with Crippen LogP contribution in [0, 0.1) is 0 Å². The number of hydrogen-bond acceptors (Lipinski definition) is 7. The van der Waals surface area contributed by atoms with Gasteiger partial charge in [-0.25, -0.2) is 8.78 Å². The van der Waals surface area contributed by atoms with Gasteiger partial charge in [-0.1, -0.05) is 30.3 Å². The first-order valence-corrected chi connectivity index (χ1v) is 14.8. The summed E-state index contributed by atoms with van der Waals surface area (Å²) in [7, 11) is 2.11. The van der Waals surface area contributed by atoms with E-state index in [1.54, 1.807) is 4.90 Å². The van der Waals surface area contributed by atoms with Gasteiger partial charge >= 0.3 is 0 Å². The Bertz CT molecular complexity index is 1440. The van der Waals surface area contributed by atoms with Crippen molar-refractivity contribution in [1.82, 2.24) is 9.80 Å². The lowest BCUT2D eigenvalue weighted by atomic mass is 10.1. The lowest BCUT2D eigenvalue weighted by molar-refractivity contribution is 0.0742. The zero-order valence-electron chi connectivity index (χ0n) is 24.2. The number of ether oxygens (including phenoxy) is 3. The number of fused-ring (bicyclic) bond motifs is 1. The highest BCUT2D eigenvalue weighted by atomic mass is 19.3. The van der Waals surface area contributed by atoms with E-state index in [0.29, 0.717) is 13.2 Å². The SMILES string of the molecule is CN1CCC(Oc2cc3c(c(NC4CCOC4)c2)CN(C(=O)c2c(O)cc(C(F)F)cc2OCc2ccccc2)C3)CC1. The molecule has 6 rings (SSSR count). The average molecular weight is 594 g/mol. The van der Waals surface area contributed by atoms with Crippen molar-refractivity contribution in [1.29, 1.82) is 0 Å². The number of carbonyl (C=O) groups is 1. The standard InChI is InChI=1S/C33H37F2N3O5/c1-37-10-7-25(8-11-37)43-26-13-23-17-38(18-27(23)28(16-26)36-24-9-12-41-20-24)33(40)31-29(39)14-22(32(34)35)15-30(31)42-19-21-5-3-2-4-6-21/h2-6,13-16,24-25,32,36,39H,7-12,17-20H2,1H3. The van der Waals surface area contributed by atoms with Gasteiger partial charge < -0.3 is 34.4 Å². The first kappa shape index (κ1) is 29.2. The molecule has 0 aromatic heterocycles. The van der Waals surface area contributed by atoms with E-state index in [2.05, 4.69) is 17.3 Å². The van der Waals surface area contributed by atoms with E-state index in [4.69, 9.17) is 14.2 Å². The topological polar surface area (TPSA) is 83.5 Å². The summed E-state index contributed by atoms with van der Waals surface area (Å²) in [5.74, 6) is -0.354. The molecule has 3 aliphatic heterocycles. The zero-order valence-corrected chi connectivity index (χ0v) is 24.2. The van der Waals surface area contributed by atoms with Gasteiger partial charge in [0, 0.05) is 50.1 Å². The van der Waals surface area contributed by atoms with Crippen molar-refractivity contribution in [3.05, 3.63) is 82.4 Å². The molecule has 43 heavy (non-hydrogen) atoms. The molecule has 2 fully saturated rings. The maximum atomic E-state index is 14.0. The quantitative estimate of drug-likeness (QED) is 0.328. The van der Waals surface area contributed by atoms with Gasteiger partial charge in [0.2, 0.25) is 0 Å². The third kappa shape index (κ3) is 6.70. The Balaban J connectivity index is 1.27. The number of nitrogens with zero attached hydrogens (tertiary/aromatic N) is 2. The molecule has 8 nitrogen and oxygen atoms in total. The van der Waals surface area contributed by atoms with Gasteiger partial charge in [-0.3, -0.25) is 4.79 Å². The number of anilines is 1. The fourth-order valence-corrected chi connectivity index (χ4v) is 5.96. The van der Waals surface area contributed by atoms with Gasteiger partial charge in [0.15, 0.2) is 0 Å². The Morgan fingerprint density at radius 3 is 2.60 bits per heavy atom. The predicted octanol–water partition coefficient (Wildman–Crippen LogP) is 5.74. The van der Waals surface area contributed by atoms with Crippen LogP contribution in [0.3, 0.4) is 0 Å². The van der Waals surface area contributed by atoms with Gasteiger partial charge in [0.05, 0.1) is 12.6 Å². The van der Waals surface area contributed by atoms with E-state index in [1.165, 1.54) is 0 Å². The molecular formula is C33H37F2N3O5. The summed E-state index contributed by atoms with van der Waals surface area (Å²) in [6, 6.07) is 15.4. The molecule has 0 radical (unpaired) electrons. The van der Waals surface area contributed by atoms with Gasteiger partial charge in [-0.2, -0.15) is 0 Å². The van der Waals surface area contributed by atoms with E-state index in [0.717, 1.165) is 72.6 Å². The average Bonchev–Trinajstić information content (AvgIpc) is 3.67. The van der Waals surface area contributed by atoms with Gasteiger partial charge in [0.25, 0.3) is 12.3 Å². The van der Waals surface area contributed by atoms with Crippen molar-refractivity contribution in [2.45, 2.75) is 57.5 Å². The molecular weight excluding hydrogens is 556 g/mol. The van der Waals surface area contributed by atoms with Gasteiger partial charge in [-0.15, -0.1) is 0 Å². The van der Waals surface area contributed by atoms with Crippen LogP contribution in [0.5, 0.6) is 17.2 Å². The van der Waals surface area contributed by atoms with Crippen LogP contribution in [0.4, 0.5) is 14.5 Å². The fourth-order valence-electron chi connectivity index (χ4n) is 5.96. The Hall–Kier alpha value is -3.89. The van der Waals surface area contributed by atoms with Crippen LogP contribution in [-0.2, 0) is 24.4 Å². The molecule has 0 bridgehead atoms. The molecule has 0 aliphatic carbocycles. The lowest BCUT2D eigenvalue weighted by Crippen LogP contribution is -2.35. The number of phenols is 1. The molecule has 3 aromatic carbocycles. The summed E-state index contributed by atoms with van der Waals surface area (Å²) in [5.41, 5.74) is 3.06. The number of aromatic hydroxyl groups is 1. The minimum Gasteiger partial charge on any atom is -0.507 e. The number of piperidine rings is 1. The number of carbonyl (C=O) groups excluding carboxylic acids is 1. The number of hydrogen-bond donors (Lipinski definition) is 2. The second-order valence-corrected chi connectivity index (χ2v) is 11.6. The van der Waals surface area contributed by atoms with Crippen molar-refractivity contribution in [2.24, 2.45) is 0 Å². The van der Waals surface area contributed by atoms with Crippen LogP contribution in [-0.4, -0.2) is 66.3 Å². The monoisotopic (exact) mass is 593 g/mol. The van der Waals surface area contributed by atoms with E-state index in [9.17, 15) is 18.7 Å². The number of alkyl halides is 2. The molecule has 1 unspecified atom stereocenters. The Morgan fingerprint density at radius 2 is 1.88 bits per heavy atom. The molecule has 10 heteroatoms. The normalized spacial score (nSPS) is 19.1. The number of phenolic OH excluding ortho intramolecular Hbond substituents is 1. The van der Waals surface area contributed by atoms with E-state index in [-0.39, 0.29) is 43.2 Å². The minimum absolute atomic E-state index is 0.0582. The van der Waals surface area contributed by atoms with Crippen molar-refractivity contribution in [3.8, 4) is 17.2 Å². The van der Waals surface area contributed by atoms with E-state index < -0.39 is 23.6 Å². The molecule has 2 saturated heterocycles. The highest BCUT2D eigenvalue weighted by Gasteiger charge is 2.33. The van der Waals surface area contributed by atoms with Crippen molar-refractivity contribution in [2.75, 3.05) is 38.7 Å². The molecule has 3 aliphatic rings. The number of nitrogens with one attached hydrogen (secondary N) is 1. The number of rotatable bonds is 9. The molecule has 0 spiro atoms. The van der Waals surface area contributed by atoms with Crippen LogP contribution >= 0.6 is 0 Å². The maximum absolute atomic E-state index is 14.0. The van der Waals surface area contributed by atoms with E-state index in [1.807, 2.05) is 42.5 Å². The molecule has 1 amide bonds. The highest BCUT2D eigenvalue weighted by molar-refractivity contribution is 6.00. The molecule has 1 atom stereocenters. The van der Waals surface area contributed by atoms with Crippen LogP contribution in [0.25, 0.3) is 0 Å². The Kier molecular flexibility index (Phi) is 8.67. The third-order valence-corrected chi connectivity index (χ3v) is 8.38. The highest BCUT2D eigenvalue weighted by Crippen LogP contribution is 2.40. The van der Waals surface area contributed by atoms with Gasteiger partial charge in [0.1, 0.15) is 35.5 Å². The maximum Gasteiger partial charge on any atom is 0.264 e. The summed E-state index contributed by atoms with van der Waals surface area (Å²) in [6.07, 6.45) is 0.0463. The smallest absolute Gasteiger partial charge is 0.264 e. The largest absolute Gasteiger partial charge is 0.507 e. The van der Waals surface area contributed by atoms with Crippen LogP contribution < -0.4 is 14.8 Å². The third-order valence-electron chi connectivity index (χ3n) is 8.38. The first-order valence-electron chi connectivity index (χ1n) is 14.8. The molecule has 228 valence electrons. The molecule has 3 aromatic rings. The van der Waals surface area contributed by atoms with Crippen LogP contribution in [0.15, 0.2) is 54.6 Å². The minimum atomic E-state index is -2.83. The first-order chi connectivity index (χ1) is 20.8. The van der Waals surface area contributed by atoms with Crippen LogP contribution in [0.2, 0.25) is 0 Å². The molecule has 0 saturated carbocycles. The van der Waals surface area contributed by atoms with Crippen molar-refractivity contribution >= 4 is 11.6 Å². The summed E-state index contributed by atoms with van der Waals surface area (Å²) in [5, 5.41) is 14.4. The Labute approximate surface area is 250 Å². The summed E-state index contributed by atoms with van der Waals surface area (Å²) >= 11 is 0. The Morgan fingerprint density at radius 1 is 1.09 bits per heavy atom. The van der Waals surface area contributed by atoms with Crippen molar-refractivity contribution < 1.29 is 32.9 Å². The number of benzene rings is 3. The lowest BCUT2D eigenvalue weighted by Gasteiger charge is -2.29. The summed E-state index contributed by atoms with van der Waals surface area (Å²) in [6.45, 7) is 3.87. The predicted molar refractivity (Wildman–Crippen MR) is 158 cm³/mol. The number of amides is 1. The second-order valence-electron chi connectivity index (χ2n) is 11.6. The molecule has 2 N–H and O–H groups in total.